The third-order valence-electron chi connectivity index (χ3n) is 4.83. The maximum Gasteiger partial charge on any atom is 0.0648 e. The van der Waals surface area contributed by atoms with E-state index in [1.807, 2.05) is 23.1 Å². The Bertz CT molecular complexity index is 619. The zero-order chi connectivity index (χ0) is 14.2. The number of hydrogen-bond donors (Lipinski definition) is 1. The van der Waals surface area contributed by atoms with Gasteiger partial charge in [-0.2, -0.15) is 11.8 Å². The molecule has 0 amide bonds. The minimum atomic E-state index is 0.0578. The van der Waals surface area contributed by atoms with E-state index >= 15 is 0 Å². The summed E-state index contributed by atoms with van der Waals surface area (Å²) in [5, 5.41) is 0. The Balaban J connectivity index is 1.68. The lowest BCUT2D eigenvalue weighted by Crippen LogP contribution is -2.17. The quantitative estimate of drug-likeness (QED) is 0.876. The smallest absolute Gasteiger partial charge is 0.0648 e. The summed E-state index contributed by atoms with van der Waals surface area (Å²) in [7, 11) is 0. The maximum absolute atomic E-state index is 6.65. The molecule has 1 aliphatic carbocycles. The summed E-state index contributed by atoms with van der Waals surface area (Å²) in [6.07, 6.45) is 5.27. The second-order valence-electron chi connectivity index (χ2n) is 6.13. The van der Waals surface area contributed by atoms with E-state index in [9.17, 15) is 0 Å². The van der Waals surface area contributed by atoms with Crippen molar-refractivity contribution in [3.8, 4) is 0 Å². The first-order valence-corrected chi connectivity index (χ1v) is 9.83. The van der Waals surface area contributed by atoms with Crippen molar-refractivity contribution < 1.29 is 0 Å². The lowest BCUT2D eigenvalue weighted by molar-refractivity contribution is 0.416. The normalized spacial score (nSPS) is 19.9. The standard InChI is InChI=1S/C18H21NS2/c19-18(17-10-13-11-20-9-8-16(13)21-17)15-7-2-1-6-14(15)12-4-3-5-12/h1-2,6-7,10,12,18H,3-5,8-9,11,19H2. The first-order chi connectivity index (χ1) is 10.3. The molecule has 0 spiro atoms. The van der Waals surface area contributed by atoms with Crippen molar-refractivity contribution in [2.75, 3.05) is 5.75 Å². The highest BCUT2D eigenvalue weighted by atomic mass is 32.2. The van der Waals surface area contributed by atoms with Gasteiger partial charge >= 0.3 is 0 Å². The number of rotatable bonds is 3. The highest BCUT2D eigenvalue weighted by molar-refractivity contribution is 7.98. The van der Waals surface area contributed by atoms with Crippen LogP contribution in [-0.4, -0.2) is 5.75 Å². The molecular formula is C18H21NS2. The van der Waals surface area contributed by atoms with E-state index in [0.717, 1.165) is 5.92 Å². The molecule has 1 atom stereocenters. The number of aryl methyl sites for hydroxylation is 1. The van der Waals surface area contributed by atoms with E-state index in [1.165, 1.54) is 58.8 Å². The van der Waals surface area contributed by atoms with Crippen LogP contribution in [0, 0.1) is 0 Å². The van der Waals surface area contributed by atoms with E-state index in [-0.39, 0.29) is 6.04 Å². The van der Waals surface area contributed by atoms with Crippen molar-refractivity contribution in [3.05, 3.63) is 56.8 Å². The van der Waals surface area contributed by atoms with Gasteiger partial charge in [-0.25, -0.2) is 0 Å². The first-order valence-electron chi connectivity index (χ1n) is 7.86. The van der Waals surface area contributed by atoms with Gasteiger partial charge in [-0.05, 0) is 53.7 Å². The second-order valence-corrected chi connectivity index (χ2v) is 8.41. The Morgan fingerprint density at radius 1 is 1.19 bits per heavy atom. The molecule has 1 unspecified atom stereocenters. The molecule has 4 rings (SSSR count). The molecule has 1 nitrogen and oxygen atoms in total. The molecule has 1 aliphatic heterocycles. The summed E-state index contributed by atoms with van der Waals surface area (Å²) in [6.45, 7) is 0. The lowest BCUT2D eigenvalue weighted by atomic mass is 9.77. The molecule has 1 fully saturated rings. The van der Waals surface area contributed by atoms with Crippen LogP contribution in [0.15, 0.2) is 30.3 Å². The van der Waals surface area contributed by atoms with Crippen LogP contribution < -0.4 is 5.73 Å². The summed E-state index contributed by atoms with van der Waals surface area (Å²) < 4.78 is 0. The predicted molar refractivity (Wildman–Crippen MR) is 93.2 cm³/mol. The van der Waals surface area contributed by atoms with Crippen molar-refractivity contribution in [1.82, 2.24) is 0 Å². The summed E-state index contributed by atoms with van der Waals surface area (Å²) in [5.41, 5.74) is 11.0. The summed E-state index contributed by atoms with van der Waals surface area (Å²) in [5.74, 6) is 3.18. The molecule has 0 radical (unpaired) electrons. The molecule has 2 heterocycles. The first kappa shape index (κ1) is 13.9. The van der Waals surface area contributed by atoms with Gasteiger partial charge in [-0.15, -0.1) is 11.3 Å². The molecule has 3 heteroatoms. The van der Waals surface area contributed by atoms with Crippen molar-refractivity contribution in [3.63, 3.8) is 0 Å². The zero-order valence-corrected chi connectivity index (χ0v) is 13.8. The Morgan fingerprint density at radius 3 is 2.81 bits per heavy atom. The van der Waals surface area contributed by atoms with Crippen LogP contribution >= 0.6 is 23.1 Å². The summed E-state index contributed by atoms with van der Waals surface area (Å²) >= 11 is 3.99. The van der Waals surface area contributed by atoms with E-state index in [1.54, 1.807) is 4.88 Å². The minimum Gasteiger partial charge on any atom is -0.320 e. The summed E-state index contributed by atoms with van der Waals surface area (Å²) in [6, 6.07) is 11.3. The van der Waals surface area contributed by atoms with Gasteiger partial charge < -0.3 is 5.73 Å². The van der Waals surface area contributed by atoms with E-state index in [2.05, 4.69) is 30.3 Å². The average Bonchev–Trinajstić information content (AvgIpc) is 2.89. The van der Waals surface area contributed by atoms with Crippen molar-refractivity contribution >= 4 is 23.1 Å². The fourth-order valence-electron chi connectivity index (χ4n) is 3.36. The van der Waals surface area contributed by atoms with Gasteiger partial charge in [0.2, 0.25) is 0 Å². The molecule has 0 saturated heterocycles. The van der Waals surface area contributed by atoms with Gasteiger partial charge in [0.15, 0.2) is 0 Å². The molecule has 0 bridgehead atoms. The van der Waals surface area contributed by atoms with Crippen molar-refractivity contribution in [2.45, 2.75) is 43.4 Å². The van der Waals surface area contributed by atoms with Gasteiger partial charge in [0.1, 0.15) is 0 Å². The Kier molecular flexibility index (Phi) is 3.82. The van der Waals surface area contributed by atoms with E-state index < -0.39 is 0 Å². The average molecular weight is 316 g/mol. The number of thioether (sulfide) groups is 1. The zero-order valence-electron chi connectivity index (χ0n) is 12.2. The second kappa shape index (κ2) is 5.79. The third-order valence-corrected chi connectivity index (χ3v) is 7.16. The molecule has 110 valence electrons. The molecule has 1 saturated carbocycles. The SMILES string of the molecule is NC(c1cc2c(s1)CCSC2)c1ccccc1C1CCC1. The van der Waals surface area contributed by atoms with Crippen LogP contribution in [0.5, 0.6) is 0 Å². The van der Waals surface area contributed by atoms with Crippen LogP contribution in [0.25, 0.3) is 0 Å². The molecule has 21 heavy (non-hydrogen) atoms. The van der Waals surface area contributed by atoms with E-state index in [4.69, 9.17) is 5.73 Å². The van der Waals surface area contributed by atoms with Crippen LogP contribution in [0.1, 0.15) is 57.7 Å². The van der Waals surface area contributed by atoms with Gasteiger partial charge in [-0.1, -0.05) is 30.7 Å². The highest BCUT2D eigenvalue weighted by Gasteiger charge is 2.25. The number of benzene rings is 1. The fraction of sp³-hybridized carbons (Fsp3) is 0.444. The van der Waals surface area contributed by atoms with Crippen LogP contribution in [0.3, 0.4) is 0 Å². The van der Waals surface area contributed by atoms with Gasteiger partial charge in [-0.3, -0.25) is 0 Å². The van der Waals surface area contributed by atoms with E-state index in [0.29, 0.717) is 0 Å². The van der Waals surface area contributed by atoms with Gasteiger partial charge in [0, 0.05) is 15.5 Å². The third kappa shape index (κ3) is 2.56. The molecule has 1 aromatic heterocycles. The van der Waals surface area contributed by atoms with Crippen LogP contribution in [-0.2, 0) is 12.2 Å². The van der Waals surface area contributed by atoms with Crippen molar-refractivity contribution in [1.29, 1.82) is 0 Å². The molecule has 1 aromatic carbocycles. The van der Waals surface area contributed by atoms with Crippen LogP contribution in [0.4, 0.5) is 0 Å². The fourth-order valence-corrected chi connectivity index (χ4v) is 5.76. The highest BCUT2D eigenvalue weighted by Crippen LogP contribution is 2.42. The van der Waals surface area contributed by atoms with Gasteiger partial charge in [0.25, 0.3) is 0 Å². The molecule has 2 aliphatic rings. The largest absolute Gasteiger partial charge is 0.320 e. The number of fused-ring (bicyclic) bond motifs is 1. The van der Waals surface area contributed by atoms with Gasteiger partial charge in [0.05, 0.1) is 6.04 Å². The number of thiophene rings is 1. The monoisotopic (exact) mass is 315 g/mol. The minimum absolute atomic E-state index is 0.0578. The topological polar surface area (TPSA) is 26.0 Å². The molecule has 2 N–H and O–H groups in total. The molecule has 2 aromatic rings. The Morgan fingerprint density at radius 2 is 2.05 bits per heavy atom. The predicted octanol–water partition coefficient (Wildman–Crippen LogP) is 4.85. The molecular weight excluding hydrogens is 294 g/mol. The number of nitrogens with two attached hydrogens (primary N) is 1. The number of hydrogen-bond acceptors (Lipinski definition) is 3. The van der Waals surface area contributed by atoms with Crippen LogP contribution in [0.2, 0.25) is 0 Å². The lowest BCUT2D eigenvalue weighted by Gasteiger charge is -2.29. The Hall–Kier alpha value is -0.770. The van der Waals surface area contributed by atoms with Crippen molar-refractivity contribution in [2.24, 2.45) is 5.73 Å². The maximum atomic E-state index is 6.65. The summed E-state index contributed by atoms with van der Waals surface area (Å²) in [4.78, 5) is 2.93. The Labute approximate surface area is 134 Å².